The highest BCUT2D eigenvalue weighted by Crippen LogP contribution is 1.91. The molecule has 0 aliphatic rings. The molecule has 0 rings (SSSR count). The van der Waals surface area contributed by atoms with Gasteiger partial charge in [-0.2, -0.15) is 0 Å². The van der Waals surface area contributed by atoms with Crippen molar-refractivity contribution in [1.82, 2.24) is 10.0 Å². The lowest BCUT2D eigenvalue weighted by atomic mass is 10.5. The lowest BCUT2D eigenvalue weighted by Crippen LogP contribution is -2.33. The van der Waals surface area contributed by atoms with Gasteiger partial charge in [-0.05, 0) is 6.54 Å². The minimum Gasteiger partial charge on any atom is -0.469 e. The fourth-order valence-corrected chi connectivity index (χ4v) is 1.86. The molecule has 0 saturated carbocycles. The second-order valence-electron chi connectivity index (χ2n) is 2.89. The highest BCUT2D eigenvalue weighted by molar-refractivity contribution is 7.89. The minimum absolute atomic E-state index is 0.118. The van der Waals surface area contributed by atoms with Gasteiger partial charge in [-0.25, -0.2) is 13.1 Å². The molecule has 0 aromatic rings. The molecule has 90 valence electrons. The van der Waals surface area contributed by atoms with Crippen LogP contribution < -0.4 is 10.0 Å². The summed E-state index contributed by atoms with van der Waals surface area (Å²) in [7, 11) is -2.13. The van der Waals surface area contributed by atoms with Gasteiger partial charge in [0.2, 0.25) is 10.0 Å². The number of rotatable bonds is 8. The molecule has 0 atom stereocenters. The number of carbonyl (C=O) groups excluding carboxylic acids is 1. The predicted molar refractivity (Wildman–Crippen MR) is 57.0 cm³/mol. The van der Waals surface area contributed by atoms with Crippen LogP contribution >= 0.6 is 0 Å². The van der Waals surface area contributed by atoms with Crippen LogP contribution in [0.15, 0.2) is 0 Å². The van der Waals surface area contributed by atoms with E-state index in [9.17, 15) is 13.2 Å². The predicted octanol–water partition coefficient (Wildman–Crippen LogP) is -0.922. The summed E-state index contributed by atoms with van der Waals surface area (Å²) in [4.78, 5) is 10.7. The number of esters is 1. The van der Waals surface area contributed by atoms with E-state index in [0.29, 0.717) is 13.1 Å². The summed E-state index contributed by atoms with van der Waals surface area (Å²) >= 11 is 0. The number of sulfonamides is 1. The first-order valence-electron chi connectivity index (χ1n) is 4.76. The van der Waals surface area contributed by atoms with Crippen LogP contribution in [-0.4, -0.2) is 46.9 Å². The Hall–Kier alpha value is -0.660. The highest BCUT2D eigenvalue weighted by atomic mass is 32.2. The van der Waals surface area contributed by atoms with Crippen molar-refractivity contribution in [2.75, 3.05) is 32.5 Å². The van der Waals surface area contributed by atoms with E-state index in [1.807, 2.05) is 6.92 Å². The topological polar surface area (TPSA) is 84.5 Å². The van der Waals surface area contributed by atoms with Gasteiger partial charge in [0.1, 0.15) is 0 Å². The van der Waals surface area contributed by atoms with E-state index in [2.05, 4.69) is 14.8 Å². The highest BCUT2D eigenvalue weighted by Gasteiger charge is 2.12. The largest absolute Gasteiger partial charge is 0.469 e. The first-order chi connectivity index (χ1) is 7.02. The molecule has 0 aliphatic carbocycles. The smallest absolute Gasteiger partial charge is 0.306 e. The SMILES string of the molecule is CCNCCNS(=O)(=O)CCC(=O)OC. The van der Waals surface area contributed by atoms with Crippen molar-refractivity contribution in [2.24, 2.45) is 0 Å². The van der Waals surface area contributed by atoms with Crippen LogP contribution in [0, 0.1) is 0 Å². The van der Waals surface area contributed by atoms with E-state index in [-0.39, 0.29) is 12.2 Å². The van der Waals surface area contributed by atoms with Crippen molar-refractivity contribution in [2.45, 2.75) is 13.3 Å². The van der Waals surface area contributed by atoms with Gasteiger partial charge in [0.15, 0.2) is 0 Å². The summed E-state index contributed by atoms with van der Waals surface area (Å²) in [5.41, 5.74) is 0. The van der Waals surface area contributed by atoms with Crippen molar-refractivity contribution in [3.05, 3.63) is 0 Å². The van der Waals surface area contributed by atoms with Crippen LogP contribution in [0.2, 0.25) is 0 Å². The fraction of sp³-hybridized carbons (Fsp3) is 0.875. The quantitative estimate of drug-likeness (QED) is 0.422. The summed E-state index contributed by atoms with van der Waals surface area (Å²) in [6.45, 7) is 3.64. The van der Waals surface area contributed by atoms with Gasteiger partial charge in [0.05, 0.1) is 19.3 Å². The standard InChI is InChI=1S/C8H18N2O4S/c1-3-9-5-6-10-15(12,13)7-4-8(11)14-2/h9-10H,3-7H2,1-2H3. The molecular formula is C8H18N2O4S. The fourth-order valence-electron chi connectivity index (χ4n) is 0.864. The summed E-state index contributed by atoms with van der Waals surface area (Å²) < 4.78 is 29.3. The zero-order valence-electron chi connectivity index (χ0n) is 9.08. The molecule has 0 bridgehead atoms. The first kappa shape index (κ1) is 14.3. The molecule has 0 saturated heterocycles. The molecule has 0 radical (unpaired) electrons. The van der Waals surface area contributed by atoms with Crippen LogP contribution in [0.5, 0.6) is 0 Å². The maximum Gasteiger partial charge on any atom is 0.306 e. The normalized spacial score (nSPS) is 11.3. The molecule has 0 aromatic carbocycles. The Morgan fingerprint density at radius 1 is 1.33 bits per heavy atom. The van der Waals surface area contributed by atoms with Gasteiger partial charge < -0.3 is 10.1 Å². The molecule has 0 spiro atoms. The Bertz CT molecular complexity index is 276. The lowest BCUT2D eigenvalue weighted by molar-refractivity contribution is -0.140. The third kappa shape index (κ3) is 8.34. The van der Waals surface area contributed by atoms with Crippen LogP contribution in [0.3, 0.4) is 0 Å². The van der Waals surface area contributed by atoms with Crippen LogP contribution in [0.4, 0.5) is 0 Å². The van der Waals surface area contributed by atoms with Gasteiger partial charge in [-0.1, -0.05) is 6.92 Å². The average molecular weight is 238 g/mol. The van der Waals surface area contributed by atoms with Gasteiger partial charge >= 0.3 is 5.97 Å². The Labute approximate surface area is 90.4 Å². The second kappa shape index (κ2) is 7.61. The summed E-state index contributed by atoms with van der Waals surface area (Å²) in [5, 5.41) is 2.98. The molecule has 0 unspecified atom stereocenters. The van der Waals surface area contributed by atoms with E-state index >= 15 is 0 Å². The van der Waals surface area contributed by atoms with E-state index in [1.165, 1.54) is 7.11 Å². The molecular weight excluding hydrogens is 220 g/mol. The summed E-state index contributed by atoms with van der Waals surface area (Å²) in [6.07, 6.45) is -0.118. The van der Waals surface area contributed by atoms with Gasteiger partial charge in [0.25, 0.3) is 0 Å². The Kier molecular flexibility index (Phi) is 7.27. The minimum atomic E-state index is -3.36. The molecule has 7 heteroatoms. The maximum absolute atomic E-state index is 11.3. The Balaban J connectivity index is 3.73. The third-order valence-electron chi connectivity index (χ3n) is 1.68. The van der Waals surface area contributed by atoms with Crippen LogP contribution in [0.25, 0.3) is 0 Å². The summed E-state index contributed by atoms with van der Waals surface area (Å²) in [5.74, 6) is -0.752. The second-order valence-corrected chi connectivity index (χ2v) is 4.82. The molecule has 6 nitrogen and oxygen atoms in total. The lowest BCUT2D eigenvalue weighted by Gasteiger charge is -2.06. The molecule has 0 aliphatic heterocycles. The molecule has 0 aromatic heterocycles. The third-order valence-corrected chi connectivity index (χ3v) is 3.06. The first-order valence-corrected chi connectivity index (χ1v) is 6.42. The van der Waals surface area contributed by atoms with E-state index in [4.69, 9.17) is 0 Å². The number of ether oxygens (including phenoxy) is 1. The zero-order valence-corrected chi connectivity index (χ0v) is 9.89. The molecule has 15 heavy (non-hydrogen) atoms. The van der Waals surface area contributed by atoms with Crippen LogP contribution in [-0.2, 0) is 19.6 Å². The van der Waals surface area contributed by atoms with E-state index in [1.54, 1.807) is 0 Å². The molecule has 0 fully saturated rings. The number of nitrogens with one attached hydrogen (secondary N) is 2. The molecule has 0 heterocycles. The number of hydrogen-bond donors (Lipinski definition) is 2. The van der Waals surface area contributed by atoms with E-state index < -0.39 is 16.0 Å². The monoisotopic (exact) mass is 238 g/mol. The van der Waals surface area contributed by atoms with Crippen molar-refractivity contribution < 1.29 is 17.9 Å². The van der Waals surface area contributed by atoms with E-state index in [0.717, 1.165) is 6.54 Å². The van der Waals surface area contributed by atoms with Crippen molar-refractivity contribution in [3.8, 4) is 0 Å². The Morgan fingerprint density at radius 3 is 2.53 bits per heavy atom. The van der Waals surface area contributed by atoms with Crippen molar-refractivity contribution in [1.29, 1.82) is 0 Å². The zero-order chi connectivity index (χ0) is 11.7. The average Bonchev–Trinajstić information content (AvgIpc) is 2.21. The molecule has 2 N–H and O–H groups in total. The Morgan fingerprint density at radius 2 is 2.00 bits per heavy atom. The van der Waals surface area contributed by atoms with Crippen molar-refractivity contribution in [3.63, 3.8) is 0 Å². The number of hydrogen-bond acceptors (Lipinski definition) is 5. The van der Waals surface area contributed by atoms with Gasteiger partial charge in [-0.15, -0.1) is 0 Å². The summed E-state index contributed by atoms with van der Waals surface area (Å²) in [6, 6.07) is 0. The molecule has 0 amide bonds. The van der Waals surface area contributed by atoms with Crippen molar-refractivity contribution >= 4 is 16.0 Å². The number of carbonyl (C=O) groups is 1. The van der Waals surface area contributed by atoms with Crippen LogP contribution in [0.1, 0.15) is 13.3 Å². The van der Waals surface area contributed by atoms with Gasteiger partial charge in [-0.3, -0.25) is 4.79 Å². The number of methoxy groups -OCH3 is 1. The van der Waals surface area contributed by atoms with Gasteiger partial charge in [0, 0.05) is 13.1 Å². The maximum atomic E-state index is 11.3. The number of likely N-dealkylation sites (N-methyl/N-ethyl adjacent to an activating group) is 1.